The second-order valence-corrected chi connectivity index (χ2v) is 6.22. The average molecular weight is 370 g/mol. The van der Waals surface area contributed by atoms with Crippen LogP contribution in [0, 0.1) is 5.82 Å². The first kappa shape index (κ1) is 16.5. The summed E-state index contributed by atoms with van der Waals surface area (Å²) in [5, 5.41) is 17.3. The molecule has 0 spiro atoms. The van der Waals surface area contributed by atoms with Gasteiger partial charge in [0.15, 0.2) is 0 Å². The molecule has 1 aromatic carbocycles. The van der Waals surface area contributed by atoms with E-state index in [-0.39, 0.29) is 4.47 Å². The van der Waals surface area contributed by atoms with Gasteiger partial charge in [0.25, 0.3) is 0 Å². The van der Waals surface area contributed by atoms with Crippen LogP contribution in [0.4, 0.5) is 4.39 Å². The number of hydrogen-bond acceptors (Lipinski definition) is 4. The van der Waals surface area contributed by atoms with Crippen LogP contribution < -0.4 is 4.72 Å². The summed E-state index contributed by atoms with van der Waals surface area (Å²) in [4.78, 5) is 20.9. The molecule has 0 aliphatic rings. The Labute approximate surface area is 121 Å². The van der Waals surface area contributed by atoms with Gasteiger partial charge in [-0.25, -0.2) is 12.8 Å². The molecule has 0 aliphatic heterocycles. The molecule has 0 aromatic heterocycles. The zero-order valence-electron chi connectivity index (χ0n) is 9.71. The van der Waals surface area contributed by atoms with Gasteiger partial charge in [-0.3, -0.25) is 9.59 Å². The summed E-state index contributed by atoms with van der Waals surface area (Å²) in [7, 11) is -4.31. The molecule has 0 amide bonds. The summed E-state index contributed by atoms with van der Waals surface area (Å²) in [5.41, 5.74) is 0. The highest BCUT2D eigenvalue weighted by molar-refractivity contribution is 9.10. The number of halogens is 2. The molecule has 10 heteroatoms. The normalized spacial score (nSPS) is 12.9. The molecule has 0 bridgehead atoms. The highest BCUT2D eigenvalue weighted by atomic mass is 79.9. The van der Waals surface area contributed by atoms with E-state index < -0.39 is 45.1 Å². The van der Waals surface area contributed by atoms with Crippen molar-refractivity contribution in [2.75, 3.05) is 0 Å². The Kier molecular flexibility index (Phi) is 5.20. The molecule has 1 aromatic rings. The second-order valence-electron chi connectivity index (χ2n) is 3.68. The van der Waals surface area contributed by atoms with Gasteiger partial charge in [-0.2, -0.15) is 4.72 Å². The molecule has 0 radical (unpaired) electrons. The minimum atomic E-state index is -4.31. The third-order valence-corrected chi connectivity index (χ3v) is 4.61. The summed E-state index contributed by atoms with van der Waals surface area (Å²) in [6.45, 7) is 0. The number of carboxylic acids is 2. The number of nitrogens with one attached hydrogen (secondary N) is 1. The first-order valence-corrected chi connectivity index (χ1v) is 7.33. The molecule has 20 heavy (non-hydrogen) atoms. The van der Waals surface area contributed by atoms with E-state index in [2.05, 4.69) is 15.9 Å². The molecule has 0 fully saturated rings. The average Bonchev–Trinajstić information content (AvgIpc) is 2.26. The molecule has 1 rings (SSSR count). The number of hydrogen-bond donors (Lipinski definition) is 3. The van der Waals surface area contributed by atoms with Gasteiger partial charge in [0.1, 0.15) is 11.9 Å². The van der Waals surface area contributed by atoms with Crippen molar-refractivity contribution in [3.8, 4) is 0 Å². The zero-order valence-corrected chi connectivity index (χ0v) is 12.1. The predicted molar refractivity (Wildman–Crippen MR) is 68.1 cm³/mol. The highest BCUT2D eigenvalue weighted by Gasteiger charge is 2.28. The van der Waals surface area contributed by atoms with Crippen molar-refractivity contribution in [2.24, 2.45) is 0 Å². The van der Waals surface area contributed by atoms with E-state index in [0.29, 0.717) is 0 Å². The van der Waals surface area contributed by atoms with Gasteiger partial charge in [0.2, 0.25) is 10.0 Å². The molecule has 0 saturated heterocycles. The Morgan fingerprint density at radius 2 is 1.95 bits per heavy atom. The fourth-order valence-corrected chi connectivity index (χ4v) is 3.54. The van der Waals surface area contributed by atoms with Gasteiger partial charge in [0.05, 0.1) is 11.3 Å². The lowest BCUT2D eigenvalue weighted by Gasteiger charge is -2.13. The van der Waals surface area contributed by atoms with Crippen molar-refractivity contribution >= 4 is 37.9 Å². The number of aliphatic carboxylic acids is 2. The minimum Gasteiger partial charge on any atom is -0.481 e. The number of rotatable bonds is 6. The van der Waals surface area contributed by atoms with Crippen LogP contribution >= 0.6 is 15.9 Å². The highest BCUT2D eigenvalue weighted by Crippen LogP contribution is 2.23. The van der Waals surface area contributed by atoms with E-state index in [4.69, 9.17) is 10.2 Å². The summed E-state index contributed by atoms with van der Waals surface area (Å²) < 4.78 is 38.4. The maximum absolute atomic E-state index is 12.9. The first-order valence-electron chi connectivity index (χ1n) is 5.05. The van der Waals surface area contributed by atoms with Crippen LogP contribution in [0.5, 0.6) is 0 Å². The summed E-state index contributed by atoms with van der Waals surface area (Å²) in [6, 6.07) is 0.879. The van der Waals surface area contributed by atoms with Gasteiger partial charge in [-0.1, -0.05) is 0 Å². The lowest BCUT2D eigenvalue weighted by atomic mass is 10.2. The van der Waals surface area contributed by atoms with Crippen LogP contribution in [0.25, 0.3) is 0 Å². The lowest BCUT2D eigenvalue weighted by Crippen LogP contribution is -2.42. The second kappa shape index (κ2) is 6.29. The predicted octanol–water partition coefficient (Wildman–Crippen LogP) is 0.794. The van der Waals surface area contributed by atoms with Crippen LogP contribution in [0.1, 0.15) is 6.42 Å². The maximum atomic E-state index is 12.9. The molecule has 1 atom stereocenters. The van der Waals surface area contributed by atoms with Crippen molar-refractivity contribution in [1.82, 2.24) is 4.72 Å². The molecule has 1 unspecified atom stereocenters. The number of benzene rings is 1. The van der Waals surface area contributed by atoms with Crippen LogP contribution in [0.15, 0.2) is 27.6 Å². The molecular weight excluding hydrogens is 361 g/mol. The topological polar surface area (TPSA) is 121 Å². The van der Waals surface area contributed by atoms with E-state index >= 15 is 0 Å². The van der Waals surface area contributed by atoms with E-state index in [1.54, 1.807) is 4.72 Å². The van der Waals surface area contributed by atoms with Crippen LogP contribution in [0.3, 0.4) is 0 Å². The van der Waals surface area contributed by atoms with Crippen molar-refractivity contribution in [1.29, 1.82) is 0 Å². The van der Waals surface area contributed by atoms with Crippen LogP contribution in [-0.4, -0.2) is 36.6 Å². The maximum Gasteiger partial charge on any atom is 0.322 e. The Morgan fingerprint density at radius 3 is 2.40 bits per heavy atom. The quantitative estimate of drug-likeness (QED) is 0.681. The standard InChI is InChI=1S/C10H9BrFNO6S/c11-6-3-5(12)1-2-8(6)20(18,19)13-7(10(16)17)4-9(14)15/h1-3,7,13H,4H2,(H,14,15)(H,16,17). The van der Waals surface area contributed by atoms with Crippen molar-refractivity contribution in [2.45, 2.75) is 17.4 Å². The summed E-state index contributed by atoms with van der Waals surface area (Å²) in [5.74, 6) is -3.79. The molecule has 0 aliphatic carbocycles. The van der Waals surface area contributed by atoms with Crippen LogP contribution in [0.2, 0.25) is 0 Å². The minimum absolute atomic E-state index is 0.107. The SMILES string of the molecule is O=C(O)CC(NS(=O)(=O)c1ccc(F)cc1Br)C(=O)O. The van der Waals surface area contributed by atoms with E-state index in [0.717, 1.165) is 18.2 Å². The third-order valence-electron chi connectivity index (χ3n) is 2.16. The monoisotopic (exact) mass is 369 g/mol. The van der Waals surface area contributed by atoms with Gasteiger partial charge in [0, 0.05) is 4.47 Å². The smallest absolute Gasteiger partial charge is 0.322 e. The summed E-state index contributed by atoms with van der Waals surface area (Å²) in [6.07, 6.45) is -0.923. The number of sulfonamides is 1. The van der Waals surface area contributed by atoms with E-state index in [1.165, 1.54) is 0 Å². The lowest BCUT2D eigenvalue weighted by molar-refractivity contribution is -0.145. The van der Waals surface area contributed by atoms with Gasteiger partial charge >= 0.3 is 11.9 Å². The molecule has 7 nitrogen and oxygen atoms in total. The molecule has 3 N–H and O–H groups in total. The molecular formula is C10H9BrFNO6S. The zero-order chi connectivity index (χ0) is 15.5. The van der Waals surface area contributed by atoms with E-state index in [1.807, 2.05) is 0 Å². The molecule has 110 valence electrons. The van der Waals surface area contributed by atoms with E-state index in [9.17, 15) is 22.4 Å². The van der Waals surface area contributed by atoms with Gasteiger partial charge in [-0.15, -0.1) is 0 Å². The Morgan fingerprint density at radius 1 is 1.35 bits per heavy atom. The Balaban J connectivity index is 3.09. The number of carbonyl (C=O) groups is 2. The fraction of sp³-hybridized carbons (Fsp3) is 0.200. The van der Waals surface area contributed by atoms with Crippen molar-refractivity contribution in [3.63, 3.8) is 0 Å². The van der Waals surface area contributed by atoms with Crippen LogP contribution in [-0.2, 0) is 19.6 Å². The summed E-state index contributed by atoms with van der Waals surface area (Å²) >= 11 is 2.84. The largest absolute Gasteiger partial charge is 0.481 e. The van der Waals surface area contributed by atoms with Crippen molar-refractivity contribution in [3.05, 3.63) is 28.5 Å². The molecule has 0 saturated carbocycles. The van der Waals surface area contributed by atoms with Crippen molar-refractivity contribution < 1.29 is 32.6 Å². The Hall–Kier alpha value is -1.52. The van der Waals surface area contributed by atoms with Gasteiger partial charge < -0.3 is 10.2 Å². The number of carboxylic acid groups (broad SMARTS) is 2. The van der Waals surface area contributed by atoms with Gasteiger partial charge in [-0.05, 0) is 34.1 Å². The third kappa shape index (κ3) is 4.25. The first-order chi connectivity index (χ1) is 9.13. The Bertz CT molecular complexity index is 647. The fourth-order valence-electron chi connectivity index (χ4n) is 1.30. The molecule has 0 heterocycles.